The maximum absolute atomic E-state index is 11.2. The van der Waals surface area contributed by atoms with Gasteiger partial charge in [0, 0.05) is 24.2 Å². The van der Waals surface area contributed by atoms with E-state index in [-0.39, 0.29) is 5.69 Å². The summed E-state index contributed by atoms with van der Waals surface area (Å²) in [6.45, 7) is 6.20. The van der Waals surface area contributed by atoms with Crippen LogP contribution in [0.5, 0.6) is 0 Å². The minimum Gasteiger partial charge on any atom is -0.465 e. The summed E-state index contributed by atoms with van der Waals surface area (Å²) in [5.74, 6) is -0.583. The van der Waals surface area contributed by atoms with Crippen molar-refractivity contribution in [3.8, 4) is 0 Å². The van der Waals surface area contributed by atoms with Gasteiger partial charge in [-0.25, -0.2) is 4.79 Å². The molecule has 0 unspecified atom stereocenters. The third-order valence-corrected chi connectivity index (χ3v) is 2.62. The second-order valence-electron chi connectivity index (χ2n) is 5.10. The zero-order valence-corrected chi connectivity index (χ0v) is 11.4. The first-order valence-electron chi connectivity index (χ1n) is 6.13. The molecule has 7 nitrogen and oxygen atoms in total. The Labute approximate surface area is 111 Å². The lowest BCUT2D eigenvalue weighted by molar-refractivity contribution is 0.0994. The van der Waals surface area contributed by atoms with Crippen LogP contribution in [0.15, 0.2) is 6.07 Å². The zero-order valence-electron chi connectivity index (χ0n) is 11.4. The second kappa shape index (κ2) is 5.73. The summed E-state index contributed by atoms with van der Waals surface area (Å²) in [5, 5.41) is 15.4. The fourth-order valence-electron chi connectivity index (χ4n) is 1.91. The molecule has 0 bridgehead atoms. The van der Waals surface area contributed by atoms with Gasteiger partial charge in [0.2, 0.25) is 0 Å². The SMILES string of the molecule is CCCn1nc(C(N)=O)cc1CC(C)(C)NC(=O)O. The third kappa shape index (κ3) is 4.27. The van der Waals surface area contributed by atoms with E-state index in [9.17, 15) is 9.59 Å². The fraction of sp³-hybridized carbons (Fsp3) is 0.583. The molecule has 0 aliphatic carbocycles. The average molecular weight is 268 g/mol. The quantitative estimate of drug-likeness (QED) is 0.714. The van der Waals surface area contributed by atoms with Crippen LogP contribution in [0.2, 0.25) is 0 Å². The van der Waals surface area contributed by atoms with Crippen LogP contribution in [0.1, 0.15) is 43.4 Å². The Balaban J connectivity index is 2.98. The van der Waals surface area contributed by atoms with Crippen molar-refractivity contribution in [3.63, 3.8) is 0 Å². The Bertz CT molecular complexity index is 479. The van der Waals surface area contributed by atoms with Crippen molar-refractivity contribution >= 4 is 12.0 Å². The van der Waals surface area contributed by atoms with Crippen LogP contribution in [-0.2, 0) is 13.0 Å². The number of rotatable bonds is 6. The molecular weight excluding hydrogens is 248 g/mol. The lowest BCUT2D eigenvalue weighted by atomic mass is 9.98. The molecule has 7 heteroatoms. The predicted molar refractivity (Wildman–Crippen MR) is 70.0 cm³/mol. The molecule has 0 aromatic carbocycles. The van der Waals surface area contributed by atoms with Crippen LogP contribution < -0.4 is 11.1 Å². The number of nitrogens with zero attached hydrogens (tertiary/aromatic N) is 2. The van der Waals surface area contributed by atoms with Gasteiger partial charge in [-0.15, -0.1) is 0 Å². The molecule has 0 saturated heterocycles. The van der Waals surface area contributed by atoms with Crippen LogP contribution >= 0.6 is 0 Å². The fourth-order valence-corrected chi connectivity index (χ4v) is 1.91. The van der Waals surface area contributed by atoms with Crippen molar-refractivity contribution in [3.05, 3.63) is 17.5 Å². The van der Waals surface area contributed by atoms with E-state index in [4.69, 9.17) is 10.8 Å². The lowest BCUT2D eigenvalue weighted by Crippen LogP contribution is -2.44. The van der Waals surface area contributed by atoms with Gasteiger partial charge in [-0.05, 0) is 26.3 Å². The molecule has 0 saturated carbocycles. The van der Waals surface area contributed by atoms with Crippen molar-refractivity contribution in [2.75, 3.05) is 0 Å². The zero-order chi connectivity index (χ0) is 14.6. The van der Waals surface area contributed by atoms with Crippen molar-refractivity contribution in [1.82, 2.24) is 15.1 Å². The van der Waals surface area contributed by atoms with Gasteiger partial charge in [0.1, 0.15) is 5.69 Å². The van der Waals surface area contributed by atoms with Gasteiger partial charge < -0.3 is 16.2 Å². The Morgan fingerprint density at radius 3 is 2.63 bits per heavy atom. The van der Waals surface area contributed by atoms with Gasteiger partial charge >= 0.3 is 6.09 Å². The molecule has 0 spiro atoms. The summed E-state index contributed by atoms with van der Waals surface area (Å²) < 4.78 is 1.70. The molecule has 4 N–H and O–H groups in total. The van der Waals surface area contributed by atoms with Gasteiger partial charge in [-0.1, -0.05) is 6.92 Å². The third-order valence-electron chi connectivity index (χ3n) is 2.62. The number of aryl methyl sites for hydroxylation is 1. The van der Waals surface area contributed by atoms with E-state index in [1.54, 1.807) is 24.6 Å². The van der Waals surface area contributed by atoms with Crippen LogP contribution in [0.3, 0.4) is 0 Å². The van der Waals surface area contributed by atoms with Gasteiger partial charge in [0.15, 0.2) is 0 Å². The number of carbonyl (C=O) groups excluding carboxylic acids is 1. The highest BCUT2D eigenvalue weighted by Gasteiger charge is 2.24. The van der Waals surface area contributed by atoms with Crippen LogP contribution in [0, 0.1) is 0 Å². The first-order valence-corrected chi connectivity index (χ1v) is 6.13. The molecule has 106 valence electrons. The second-order valence-corrected chi connectivity index (χ2v) is 5.10. The monoisotopic (exact) mass is 268 g/mol. The van der Waals surface area contributed by atoms with E-state index >= 15 is 0 Å². The number of carbonyl (C=O) groups is 2. The maximum Gasteiger partial charge on any atom is 0.405 e. The molecular formula is C12H20N4O3. The summed E-state index contributed by atoms with van der Waals surface area (Å²) in [7, 11) is 0. The maximum atomic E-state index is 11.2. The Kier molecular flexibility index (Phi) is 4.52. The molecule has 0 fully saturated rings. The summed E-state index contributed by atoms with van der Waals surface area (Å²) >= 11 is 0. The number of carboxylic acid groups (broad SMARTS) is 1. The number of hydrogen-bond acceptors (Lipinski definition) is 3. The highest BCUT2D eigenvalue weighted by molar-refractivity contribution is 5.90. The van der Waals surface area contributed by atoms with Crippen molar-refractivity contribution < 1.29 is 14.7 Å². The van der Waals surface area contributed by atoms with Gasteiger partial charge in [-0.2, -0.15) is 5.10 Å². The number of amides is 2. The molecule has 1 aromatic heterocycles. The van der Waals surface area contributed by atoms with E-state index in [0.717, 1.165) is 12.1 Å². The van der Waals surface area contributed by atoms with Crippen LogP contribution in [0.4, 0.5) is 4.79 Å². The average Bonchev–Trinajstić information content (AvgIpc) is 2.59. The predicted octanol–water partition coefficient (Wildman–Crippen LogP) is 0.981. The Morgan fingerprint density at radius 2 is 2.16 bits per heavy atom. The van der Waals surface area contributed by atoms with E-state index in [0.29, 0.717) is 13.0 Å². The summed E-state index contributed by atoms with van der Waals surface area (Å²) in [5.41, 5.74) is 5.56. The minimum absolute atomic E-state index is 0.203. The molecule has 1 rings (SSSR count). The van der Waals surface area contributed by atoms with Gasteiger partial charge in [0.25, 0.3) is 5.91 Å². The van der Waals surface area contributed by atoms with E-state index in [1.165, 1.54) is 0 Å². The highest BCUT2D eigenvalue weighted by Crippen LogP contribution is 2.15. The van der Waals surface area contributed by atoms with E-state index in [2.05, 4.69) is 10.4 Å². The van der Waals surface area contributed by atoms with E-state index < -0.39 is 17.5 Å². The molecule has 19 heavy (non-hydrogen) atoms. The minimum atomic E-state index is -1.08. The molecule has 1 heterocycles. The number of aromatic nitrogens is 2. The van der Waals surface area contributed by atoms with Crippen molar-refractivity contribution in [2.24, 2.45) is 5.73 Å². The van der Waals surface area contributed by atoms with Crippen molar-refractivity contribution in [1.29, 1.82) is 0 Å². The normalized spacial score (nSPS) is 11.3. The Hall–Kier alpha value is -2.05. The summed E-state index contributed by atoms with van der Waals surface area (Å²) in [4.78, 5) is 21.9. The first-order chi connectivity index (χ1) is 8.75. The highest BCUT2D eigenvalue weighted by atomic mass is 16.4. The molecule has 0 aliphatic rings. The van der Waals surface area contributed by atoms with Gasteiger partial charge in [0.05, 0.1) is 0 Å². The summed E-state index contributed by atoms with van der Waals surface area (Å²) in [6.07, 6.45) is 0.209. The molecule has 2 amide bonds. The Morgan fingerprint density at radius 1 is 1.53 bits per heavy atom. The standard InChI is InChI=1S/C12H20N4O3/c1-4-5-16-8(6-9(15-16)10(13)17)7-12(2,3)14-11(18)19/h6,14H,4-5,7H2,1-3H3,(H2,13,17)(H,18,19). The van der Waals surface area contributed by atoms with Crippen molar-refractivity contribution in [2.45, 2.75) is 45.7 Å². The first kappa shape index (κ1) is 15.0. The van der Waals surface area contributed by atoms with E-state index in [1.807, 2.05) is 6.92 Å². The summed E-state index contributed by atoms with van der Waals surface area (Å²) in [6, 6.07) is 1.61. The van der Waals surface area contributed by atoms with Gasteiger partial charge in [-0.3, -0.25) is 9.48 Å². The number of nitrogens with one attached hydrogen (secondary N) is 1. The molecule has 0 radical (unpaired) electrons. The smallest absolute Gasteiger partial charge is 0.405 e. The van der Waals surface area contributed by atoms with Crippen LogP contribution in [-0.4, -0.2) is 32.4 Å². The number of primary amides is 1. The largest absolute Gasteiger partial charge is 0.465 e. The number of nitrogens with two attached hydrogens (primary N) is 1. The lowest BCUT2D eigenvalue weighted by Gasteiger charge is -2.24. The van der Waals surface area contributed by atoms with Crippen LogP contribution in [0.25, 0.3) is 0 Å². The molecule has 0 aliphatic heterocycles. The molecule has 1 aromatic rings. The number of hydrogen-bond donors (Lipinski definition) is 3. The molecule has 0 atom stereocenters. The topological polar surface area (TPSA) is 110 Å².